The second kappa shape index (κ2) is 8.93. The lowest BCUT2D eigenvalue weighted by molar-refractivity contribution is -0.137. The Bertz CT molecular complexity index is 1130. The van der Waals surface area contributed by atoms with Crippen LogP contribution in [-0.2, 0) is 9.53 Å². The molecule has 0 aliphatic heterocycles. The number of aliphatic carboxylic acids is 1. The molecule has 1 aromatic heterocycles. The molecule has 0 saturated heterocycles. The van der Waals surface area contributed by atoms with Gasteiger partial charge in [-0.3, -0.25) is 14.9 Å². The lowest BCUT2D eigenvalue weighted by Crippen LogP contribution is -2.29. The number of hydrogen-bond donors (Lipinski definition) is 2. The van der Waals surface area contributed by atoms with Crippen LogP contribution in [-0.4, -0.2) is 53.3 Å². The number of anilines is 1. The van der Waals surface area contributed by atoms with Gasteiger partial charge in [0.25, 0.3) is 5.91 Å². The Hall–Kier alpha value is -4.14. The highest BCUT2D eigenvalue weighted by atomic mass is 16.6. The van der Waals surface area contributed by atoms with E-state index in [1.54, 1.807) is 0 Å². The molecule has 0 saturated carbocycles. The molecule has 32 heavy (non-hydrogen) atoms. The molecule has 3 aromatic rings. The highest BCUT2D eigenvalue weighted by molar-refractivity contribution is 5.94. The van der Waals surface area contributed by atoms with Crippen LogP contribution in [0.2, 0.25) is 0 Å². The Labute approximate surface area is 183 Å². The monoisotopic (exact) mass is 435 g/mol. The smallest absolute Gasteiger partial charge is 0.414 e. The number of nitrogens with one attached hydrogen (secondary N) is 1. The molecule has 0 atom stereocenters. The molecular weight excluding hydrogens is 414 g/mol. The minimum atomic E-state index is -1.01. The SMILES string of the molecule is CN(CCC(=O)O)C(=O)c1cc(NC(=O)OCC2c3ccccc3-c3ccccc32)on1. The first-order chi connectivity index (χ1) is 15.4. The Kier molecular flexibility index (Phi) is 5.89. The van der Waals surface area contributed by atoms with E-state index in [4.69, 9.17) is 14.4 Å². The zero-order valence-corrected chi connectivity index (χ0v) is 17.3. The normalized spacial score (nSPS) is 12.0. The molecule has 1 aliphatic rings. The van der Waals surface area contributed by atoms with Crippen molar-refractivity contribution < 1.29 is 28.8 Å². The third-order valence-corrected chi connectivity index (χ3v) is 5.31. The number of amides is 2. The number of carboxylic acid groups (broad SMARTS) is 1. The topological polar surface area (TPSA) is 122 Å². The maximum absolute atomic E-state index is 12.3. The van der Waals surface area contributed by atoms with Gasteiger partial charge in [0, 0.05) is 25.6 Å². The van der Waals surface area contributed by atoms with Gasteiger partial charge in [-0.1, -0.05) is 53.7 Å². The van der Waals surface area contributed by atoms with Crippen molar-refractivity contribution in [2.45, 2.75) is 12.3 Å². The fourth-order valence-electron chi connectivity index (χ4n) is 3.73. The zero-order chi connectivity index (χ0) is 22.7. The van der Waals surface area contributed by atoms with Crippen LogP contribution in [0, 0.1) is 0 Å². The van der Waals surface area contributed by atoms with Crippen LogP contribution >= 0.6 is 0 Å². The van der Waals surface area contributed by atoms with E-state index >= 15 is 0 Å². The molecule has 2 N–H and O–H groups in total. The van der Waals surface area contributed by atoms with E-state index in [0.717, 1.165) is 22.3 Å². The summed E-state index contributed by atoms with van der Waals surface area (Å²) in [5, 5.41) is 14.8. The van der Waals surface area contributed by atoms with Crippen molar-refractivity contribution in [3.8, 4) is 11.1 Å². The summed E-state index contributed by atoms with van der Waals surface area (Å²) in [5.74, 6) is -1.65. The standard InChI is InChI=1S/C23H21N3O6/c1-26(11-10-21(27)28)22(29)19-12-20(32-25-19)24-23(30)31-13-18-16-8-4-2-6-14(16)15-7-3-5-9-17(15)18/h2-9,12,18H,10-11,13H2,1H3,(H,24,30)(H,27,28). The third kappa shape index (κ3) is 4.31. The van der Waals surface area contributed by atoms with Gasteiger partial charge in [-0.25, -0.2) is 4.79 Å². The zero-order valence-electron chi connectivity index (χ0n) is 17.3. The van der Waals surface area contributed by atoms with E-state index in [-0.39, 0.29) is 37.1 Å². The molecule has 4 rings (SSSR count). The number of carboxylic acids is 1. The summed E-state index contributed by atoms with van der Waals surface area (Å²) in [6, 6.07) is 17.3. The minimum Gasteiger partial charge on any atom is -0.481 e. The molecule has 0 radical (unpaired) electrons. The molecule has 9 nitrogen and oxygen atoms in total. The fourth-order valence-corrected chi connectivity index (χ4v) is 3.73. The lowest BCUT2D eigenvalue weighted by Gasteiger charge is -2.14. The van der Waals surface area contributed by atoms with Gasteiger partial charge in [0.1, 0.15) is 6.61 Å². The van der Waals surface area contributed by atoms with Gasteiger partial charge in [-0.05, 0) is 22.3 Å². The van der Waals surface area contributed by atoms with E-state index in [2.05, 4.69) is 22.6 Å². The Balaban J connectivity index is 1.36. The summed E-state index contributed by atoms with van der Waals surface area (Å²) >= 11 is 0. The number of benzene rings is 2. The Morgan fingerprint density at radius 2 is 1.72 bits per heavy atom. The number of carbonyl (C=O) groups is 3. The summed E-state index contributed by atoms with van der Waals surface area (Å²) in [5.41, 5.74) is 4.40. The van der Waals surface area contributed by atoms with E-state index < -0.39 is 18.0 Å². The number of nitrogens with zero attached hydrogens (tertiary/aromatic N) is 2. The average molecular weight is 435 g/mol. The van der Waals surface area contributed by atoms with Crippen molar-refractivity contribution in [1.82, 2.24) is 10.1 Å². The number of aromatic nitrogens is 1. The molecular formula is C23H21N3O6. The van der Waals surface area contributed by atoms with Gasteiger partial charge in [0.15, 0.2) is 5.69 Å². The molecule has 164 valence electrons. The van der Waals surface area contributed by atoms with Gasteiger partial charge in [-0.2, -0.15) is 0 Å². The first-order valence-electron chi connectivity index (χ1n) is 10.00. The number of ether oxygens (including phenoxy) is 1. The highest BCUT2D eigenvalue weighted by Crippen LogP contribution is 2.44. The predicted octanol–water partition coefficient (Wildman–Crippen LogP) is 3.58. The van der Waals surface area contributed by atoms with Gasteiger partial charge < -0.3 is 19.3 Å². The van der Waals surface area contributed by atoms with E-state index in [1.165, 1.54) is 18.0 Å². The first kappa shape index (κ1) is 21.1. The molecule has 0 fully saturated rings. The molecule has 1 heterocycles. The van der Waals surface area contributed by atoms with Crippen LogP contribution < -0.4 is 5.32 Å². The number of rotatable bonds is 7. The summed E-state index contributed by atoms with van der Waals surface area (Å²) in [4.78, 5) is 36.4. The lowest BCUT2D eigenvalue weighted by atomic mass is 9.98. The highest BCUT2D eigenvalue weighted by Gasteiger charge is 2.29. The van der Waals surface area contributed by atoms with E-state index in [1.807, 2.05) is 36.4 Å². The predicted molar refractivity (Wildman–Crippen MR) is 114 cm³/mol. The van der Waals surface area contributed by atoms with Gasteiger partial charge in [0.05, 0.1) is 6.42 Å². The molecule has 9 heteroatoms. The largest absolute Gasteiger partial charge is 0.481 e. The van der Waals surface area contributed by atoms with Crippen LogP contribution in [0.4, 0.5) is 10.7 Å². The maximum atomic E-state index is 12.3. The molecule has 0 bridgehead atoms. The van der Waals surface area contributed by atoms with Crippen molar-refractivity contribution >= 4 is 23.9 Å². The number of carbonyl (C=O) groups excluding carboxylic acids is 2. The van der Waals surface area contributed by atoms with Gasteiger partial charge >= 0.3 is 12.1 Å². The van der Waals surface area contributed by atoms with E-state index in [0.29, 0.717) is 0 Å². The molecule has 0 unspecified atom stereocenters. The second-order valence-corrected chi connectivity index (χ2v) is 7.40. The Morgan fingerprint density at radius 1 is 1.09 bits per heavy atom. The third-order valence-electron chi connectivity index (χ3n) is 5.31. The summed E-state index contributed by atoms with van der Waals surface area (Å²) in [7, 11) is 1.46. The number of hydrogen-bond acceptors (Lipinski definition) is 6. The van der Waals surface area contributed by atoms with E-state index in [9.17, 15) is 14.4 Å². The molecule has 2 aromatic carbocycles. The Morgan fingerprint density at radius 3 is 2.34 bits per heavy atom. The van der Waals surface area contributed by atoms with Gasteiger partial charge in [-0.15, -0.1) is 0 Å². The van der Waals surface area contributed by atoms with Crippen LogP contribution in [0.3, 0.4) is 0 Å². The summed E-state index contributed by atoms with van der Waals surface area (Å²) in [6.45, 7) is 0.161. The summed E-state index contributed by atoms with van der Waals surface area (Å²) in [6.07, 6.45) is -0.924. The first-order valence-corrected chi connectivity index (χ1v) is 10.00. The van der Waals surface area contributed by atoms with Gasteiger partial charge in [0.2, 0.25) is 5.88 Å². The average Bonchev–Trinajstić information content (AvgIpc) is 3.38. The number of fused-ring (bicyclic) bond motifs is 3. The quantitative estimate of drug-likeness (QED) is 0.582. The minimum absolute atomic E-state index is 0.0240. The molecule has 0 spiro atoms. The molecule has 2 amide bonds. The van der Waals surface area contributed by atoms with Crippen molar-refractivity contribution in [2.24, 2.45) is 0 Å². The van der Waals surface area contributed by atoms with Crippen molar-refractivity contribution in [1.29, 1.82) is 0 Å². The van der Waals surface area contributed by atoms with Crippen LogP contribution in [0.5, 0.6) is 0 Å². The fraction of sp³-hybridized carbons (Fsp3) is 0.217. The van der Waals surface area contributed by atoms with Crippen LogP contribution in [0.15, 0.2) is 59.1 Å². The summed E-state index contributed by atoms with van der Waals surface area (Å²) < 4.78 is 10.4. The van der Waals surface area contributed by atoms with Crippen molar-refractivity contribution in [3.05, 3.63) is 71.4 Å². The van der Waals surface area contributed by atoms with Crippen molar-refractivity contribution in [3.63, 3.8) is 0 Å². The van der Waals surface area contributed by atoms with Crippen LogP contribution in [0.25, 0.3) is 11.1 Å². The van der Waals surface area contributed by atoms with Crippen LogP contribution in [0.1, 0.15) is 34.0 Å². The molecule has 1 aliphatic carbocycles. The second-order valence-electron chi connectivity index (χ2n) is 7.40. The maximum Gasteiger partial charge on any atom is 0.414 e. The van der Waals surface area contributed by atoms with Crippen molar-refractivity contribution in [2.75, 3.05) is 25.5 Å².